The van der Waals surface area contributed by atoms with Gasteiger partial charge in [-0.25, -0.2) is 4.68 Å². The summed E-state index contributed by atoms with van der Waals surface area (Å²) in [5.74, 6) is -0.123. The van der Waals surface area contributed by atoms with Crippen LogP contribution in [0.5, 0.6) is 0 Å². The van der Waals surface area contributed by atoms with E-state index in [4.69, 9.17) is 11.6 Å². The first-order valence-electron chi connectivity index (χ1n) is 8.19. The molecule has 0 unspecified atom stereocenters. The second kappa shape index (κ2) is 7.64. The van der Waals surface area contributed by atoms with E-state index in [9.17, 15) is 4.79 Å². The van der Waals surface area contributed by atoms with Crippen molar-refractivity contribution in [2.24, 2.45) is 0 Å². The van der Waals surface area contributed by atoms with Gasteiger partial charge in [0.25, 0.3) is 5.91 Å². The summed E-state index contributed by atoms with van der Waals surface area (Å²) in [5.41, 5.74) is 4.45. The van der Waals surface area contributed by atoms with E-state index in [1.165, 1.54) is 0 Å². The molecule has 1 amide bonds. The average molecular weight is 433 g/mol. The third kappa shape index (κ3) is 3.69. The van der Waals surface area contributed by atoms with Gasteiger partial charge in [0, 0.05) is 29.3 Å². The topological polar surface area (TPSA) is 38.1 Å². The molecule has 0 aliphatic heterocycles. The summed E-state index contributed by atoms with van der Waals surface area (Å²) in [7, 11) is 1.78. The van der Waals surface area contributed by atoms with Gasteiger partial charge >= 0.3 is 0 Å². The minimum atomic E-state index is -0.123. The first-order chi connectivity index (χ1) is 12.4. The minimum Gasteiger partial charge on any atom is -0.337 e. The Morgan fingerprint density at radius 3 is 2.58 bits per heavy atom. The molecule has 1 heterocycles. The summed E-state index contributed by atoms with van der Waals surface area (Å²) in [6.45, 7) is 4.45. The Morgan fingerprint density at radius 2 is 1.88 bits per heavy atom. The fraction of sp³-hybridized carbons (Fsp3) is 0.200. The maximum absolute atomic E-state index is 12.8. The highest BCUT2D eigenvalue weighted by Gasteiger charge is 2.20. The smallest absolute Gasteiger partial charge is 0.255 e. The second-order valence-electron chi connectivity index (χ2n) is 6.18. The van der Waals surface area contributed by atoms with Crippen molar-refractivity contribution in [3.05, 3.63) is 80.5 Å². The maximum atomic E-state index is 12.8. The molecule has 0 aliphatic rings. The Balaban J connectivity index is 1.88. The number of para-hydroxylation sites is 1. The number of carbonyl (C=O) groups excluding carboxylic acids is 1. The third-order valence-corrected chi connectivity index (χ3v) is 5.17. The van der Waals surface area contributed by atoms with Gasteiger partial charge in [-0.05, 0) is 44.2 Å². The monoisotopic (exact) mass is 431 g/mol. The lowest BCUT2D eigenvalue weighted by Crippen LogP contribution is -2.27. The van der Waals surface area contributed by atoms with Gasteiger partial charge in [-0.1, -0.05) is 45.7 Å². The molecule has 1 aromatic heterocycles. The molecule has 3 rings (SSSR count). The molecule has 0 atom stereocenters. The molecule has 0 radical (unpaired) electrons. The van der Waals surface area contributed by atoms with Crippen LogP contribution in [0.4, 0.5) is 0 Å². The number of carbonyl (C=O) groups is 1. The molecule has 0 aliphatic carbocycles. The number of aryl methyl sites for hydroxylation is 1. The molecule has 0 bridgehead atoms. The maximum Gasteiger partial charge on any atom is 0.255 e. The van der Waals surface area contributed by atoms with Crippen LogP contribution < -0.4 is 0 Å². The number of halogens is 2. The van der Waals surface area contributed by atoms with E-state index in [0.717, 1.165) is 27.1 Å². The zero-order valence-electron chi connectivity index (χ0n) is 14.8. The molecular weight excluding hydrogens is 414 g/mol. The van der Waals surface area contributed by atoms with Crippen LogP contribution in [0.15, 0.2) is 53.0 Å². The van der Waals surface area contributed by atoms with Gasteiger partial charge in [-0.2, -0.15) is 5.10 Å². The van der Waals surface area contributed by atoms with Crippen molar-refractivity contribution in [2.45, 2.75) is 20.4 Å². The number of benzene rings is 2. The third-order valence-electron chi connectivity index (χ3n) is 4.34. The van der Waals surface area contributed by atoms with Crippen LogP contribution in [0, 0.1) is 13.8 Å². The number of amides is 1. The molecule has 2 aromatic carbocycles. The normalized spacial score (nSPS) is 10.8. The quantitative estimate of drug-likeness (QED) is 0.570. The Bertz CT molecular complexity index is 953. The van der Waals surface area contributed by atoms with Gasteiger partial charge in [0.05, 0.1) is 22.0 Å². The number of aromatic nitrogens is 2. The highest BCUT2D eigenvalue weighted by molar-refractivity contribution is 9.10. The molecule has 0 N–H and O–H groups in total. The molecule has 0 saturated heterocycles. The van der Waals surface area contributed by atoms with Crippen LogP contribution in [-0.4, -0.2) is 27.6 Å². The van der Waals surface area contributed by atoms with Crippen molar-refractivity contribution < 1.29 is 4.79 Å². The molecule has 0 spiro atoms. The van der Waals surface area contributed by atoms with Gasteiger partial charge in [-0.15, -0.1) is 0 Å². The summed E-state index contributed by atoms with van der Waals surface area (Å²) in [6.07, 6.45) is 0. The Hall–Kier alpha value is -2.11. The summed E-state index contributed by atoms with van der Waals surface area (Å²) in [6, 6.07) is 15.2. The van der Waals surface area contributed by atoms with Crippen LogP contribution in [-0.2, 0) is 6.54 Å². The van der Waals surface area contributed by atoms with Crippen LogP contribution >= 0.6 is 27.5 Å². The second-order valence-corrected chi connectivity index (χ2v) is 7.50. The van der Waals surface area contributed by atoms with Gasteiger partial charge in [0.2, 0.25) is 0 Å². The van der Waals surface area contributed by atoms with E-state index in [1.54, 1.807) is 24.1 Å². The van der Waals surface area contributed by atoms with Crippen molar-refractivity contribution in [3.63, 3.8) is 0 Å². The van der Waals surface area contributed by atoms with Crippen molar-refractivity contribution in [2.75, 3.05) is 7.05 Å². The van der Waals surface area contributed by atoms with Crippen LogP contribution in [0.25, 0.3) is 5.69 Å². The number of hydrogen-bond donors (Lipinski definition) is 0. The highest BCUT2D eigenvalue weighted by atomic mass is 79.9. The largest absolute Gasteiger partial charge is 0.337 e. The van der Waals surface area contributed by atoms with E-state index < -0.39 is 0 Å². The zero-order valence-corrected chi connectivity index (χ0v) is 17.2. The number of rotatable bonds is 4. The van der Waals surface area contributed by atoms with Gasteiger partial charge in [-0.3, -0.25) is 4.79 Å². The summed E-state index contributed by atoms with van der Waals surface area (Å²) in [4.78, 5) is 14.5. The Morgan fingerprint density at radius 1 is 1.19 bits per heavy atom. The Kier molecular flexibility index (Phi) is 5.49. The van der Waals surface area contributed by atoms with Crippen LogP contribution in [0.3, 0.4) is 0 Å². The molecule has 134 valence electrons. The zero-order chi connectivity index (χ0) is 18.8. The summed E-state index contributed by atoms with van der Waals surface area (Å²) in [5, 5.41) is 5.09. The lowest BCUT2D eigenvalue weighted by atomic mass is 10.1. The number of hydrogen-bond acceptors (Lipinski definition) is 2. The van der Waals surface area contributed by atoms with Crippen molar-refractivity contribution in [1.82, 2.24) is 14.7 Å². The molecule has 26 heavy (non-hydrogen) atoms. The number of nitrogens with zero attached hydrogens (tertiary/aromatic N) is 3. The van der Waals surface area contributed by atoms with Gasteiger partial charge in [0.15, 0.2) is 0 Å². The van der Waals surface area contributed by atoms with Gasteiger partial charge < -0.3 is 4.90 Å². The first kappa shape index (κ1) is 18.7. The minimum absolute atomic E-state index is 0.123. The molecular formula is C20H19BrClN3O. The van der Waals surface area contributed by atoms with Crippen molar-refractivity contribution in [1.29, 1.82) is 0 Å². The van der Waals surface area contributed by atoms with E-state index in [-0.39, 0.29) is 5.91 Å². The molecule has 3 aromatic rings. The van der Waals surface area contributed by atoms with E-state index in [0.29, 0.717) is 17.1 Å². The predicted molar refractivity (Wildman–Crippen MR) is 108 cm³/mol. The van der Waals surface area contributed by atoms with Crippen LogP contribution in [0.1, 0.15) is 27.3 Å². The highest BCUT2D eigenvalue weighted by Crippen LogP contribution is 2.24. The van der Waals surface area contributed by atoms with Gasteiger partial charge in [0.1, 0.15) is 0 Å². The lowest BCUT2D eigenvalue weighted by molar-refractivity contribution is 0.0785. The van der Waals surface area contributed by atoms with Crippen molar-refractivity contribution in [3.8, 4) is 5.69 Å². The lowest BCUT2D eigenvalue weighted by Gasteiger charge is -2.18. The van der Waals surface area contributed by atoms with E-state index in [2.05, 4.69) is 21.0 Å². The fourth-order valence-corrected chi connectivity index (χ4v) is 3.46. The van der Waals surface area contributed by atoms with E-state index >= 15 is 0 Å². The summed E-state index contributed by atoms with van der Waals surface area (Å²) >= 11 is 9.59. The van der Waals surface area contributed by atoms with Crippen molar-refractivity contribution >= 4 is 33.4 Å². The Labute approximate surface area is 166 Å². The summed E-state index contributed by atoms with van der Waals surface area (Å²) < 4.78 is 2.73. The standard InChI is InChI=1S/C20H19BrClN3O/c1-13-18(14(2)25(23-13)16-7-5-4-6-8-16)12-24(3)20(26)17-11-15(21)9-10-19(17)22/h4-11H,12H2,1-3H3. The molecule has 4 nitrogen and oxygen atoms in total. The molecule has 0 saturated carbocycles. The average Bonchev–Trinajstić information content (AvgIpc) is 2.92. The van der Waals surface area contributed by atoms with E-state index in [1.807, 2.05) is 54.9 Å². The SMILES string of the molecule is Cc1nn(-c2ccccc2)c(C)c1CN(C)C(=O)c1cc(Br)ccc1Cl. The first-order valence-corrected chi connectivity index (χ1v) is 9.36. The molecule has 0 fully saturated rings. The van der Waals surface area contributed by atoms with Crippen LogP contribution in [0.2, 0.25) is 5.02 Å². The molecule has 6 heteroatoms. The fourth-order valence-electron chi connectivity index (χ4n) is 2.90. The predicted octanol–water partition coefficient (Wildman–Crippen LogP) is 5.18.